The Labute approximate surface area is 154 Å². The third-order valence-electron chi connectivity index (χ3n) is 4.59. The average molecular weight is 360 g/mol. The van der Waals surface area contributed by atoms with Crippen molar-refractivity contribution in [2.45, 2.75) is 31.9 Å². The number of pyridine rings is 1. The standard InChI is InChI=1S/C18H28N6O2/c1-19-18(20-14-17-22-21-16-6-3-4-9-24(16)17)23-10-7-15(8-11-23)26-13-5-12-25-2/h3-4,6,9,15H,5,7-8,10-14H2,1-2H3,(H,19,20). The van der Waals surface area contributed by atoms with Crippen LogP contribution in [0.15, 0.2) is 29.4 Å². The van der Waals surface area contributed by atoms with Crippen molar-refractivity contribution in [1.29, 1.82) is 0 Å². The fourth-order valence-electron chi connectivity index (χ4n) is 3.19. The van der Waals surface area contributed by atoms with Crippen molar-refractivity contribution in [3.8, 4) is 0 Å². The first-order valence-corrected chi connectivity index (χ1v) is 9.16. The lowest BCUT2D eigenvalue weighted by Crippen LogP contribution is -2.47. The molecule has 0 atom stereocenters. The van der Waals surface area contributed by atoms with E-state index in [0.29, 0.717) is 12.6 Å². The van der Waals surface area contributed by atoms with Crippen molar-refractivity contribution in [1.82, 2.24) is 24.8 Å². The zero-order valence-corrected chi connectivity index (χ0v) is 15.6. The fourth-order valence-corrected chi connectivity index (χ4v) is 3.19. The van der Waals surface area contributed by atoms with Crippen molar-refractivity contribution in [2.75, 3.05) is 40.5 Å². The zero-order valence-electron chi connectivity index (χ0n) is 15.6. The Kier molecular flexibility index (Phi) is 6.79. The molecule has 0 unspecified atom stereocenters. The molecule has 1 N–H and O–H groups in total. The van der Waals surface area contributed by atoms with E-state index < -0.39 is 0 Å². The number of hydrogen-bond acceptors (Lipinski definition) is 5. The molecule has 1 saturated heterocycles. The van der Waals surface area contributed by atoms with Gasteiger partial charge in [-0.15, -0.1) is 10.2 Å². The molecule has 3 rings (SSSR count). The molecule has 0 amide bonds. The van der Waals surface area contributed by atoms with E-state index in [4.69, 9.17) is 9.47 Å². The Morgan fingerprint density at radius 2 is 2.12 bits per heavy atom. The summed E-state index contributed by atoms with van der Waals surface area (Å²) in [4.78, 5) is 6.70. The van der Waals surface area contributed by atoms with Crippen LogP contribution in [0.2, 0.25) is 0 Å². The van der Waals surface area contributed by atoms with Crippen molar-refractivity contribution >= 4 is 11.6 Å². The molecule has 1 aliphatic rings. The largest absolute Gasteiger partial charge is 0.385 e. The van der Waals surface area contributed by atoms with E-state index in [9.17, 15) is 0 Å². The monoisotopic (exact) mass is 360 g/mol. The summed E-state index contributed by atoms with van der Waals surface area (Å²) in [6.45, 7) is 3.99. The molecule has 1 fully saturated rings. The summed E-state index contributed by atoms with van der Waals surface area (Å²) < 4.78 is 13.0. The third kappa shape index (κ3) is 4.70. The van der Waals surface area contributed by atoms with E-state index in [1.165, 1.54) is 0 Å². The molecular formula is C18H28N6O2. The average Bonchev–Trinajstić information content (AvgIpc) is 3.10. The van der Waals surface area contributed by atoms with Crippen LogP contribution in [0.3, 0.4) is 0 Å². The smallest absolute Gasteiger partial charge is 0.194 e. The Morgan fingerprint density at radius 1 is 1.27 bits per heavy atom. The maximum absolute atomic E-state index is 5.93. The molecule has 2 aromatic rings. The molecule has 0 radical (unpaired) electrons. The van der Waals surface area contributed by atoms with Gasteiger partial charge < -0.3 is 19.7 Å². The number of hydrogen-bond donors (Lipinski definition) is 1. The lowest BCUT2D eigenvalue weighted by molar-refractivity contribution is 0.00989. The molecule has 1 aliphatic heterocycles. The van der Waals surface area contributed by atoms with E-state index in [0.717, 1.165) is 63.0 Å². The minimum absolute atomic E-state index is 0.335. The van der Waals surface area contributed by atoms with Gasteiger partial charge in [0.05, 0.1) is 12.6 Å². The second-order valence-corrected chi connectivity index (χ2v) is 6.35. The molecule has 3 heterocycles. The highest BCUT2D eigenvalue weighted by Gasteiger charge is 2.22. The van der Waals surface area contributed by atoms with Gasteiger partial charge in [0.1, 0.15) is 0 Å². The SMILES string of the molecule is CN=C(NCc1nnc2ccccn12)N1CCC(OCCCOC)CC1. The van der Waals surface area contributed by atoms with Gasteiger partial charge in [0.15, 0.2) is 17.4 Å². The highest BCUT2D eigenvalue weighted by Crippen LogP contribution is 2.14. The van der Waals surface area contributed by atoms with Crippen molar-refractivity contribution in [2.24, 2.45) is 4.99 Å². The normalized spacial score (nSPS) is 16.4. The van der Waals surface area contributed by atoms with E-state index in [1.807, 2.05) is 35.8 Å². The van der Waals surface area contributed by atoms with Crippen LogP contribution in [0.5, 0.6) is 0 Å². The highest BCUT2D eigenvalue weighted by molar-refractivity contribution is 5.79. The number of nitrogens with one attached hydrogen (secondary N) is 1. The number of fused-ring (bicyclic) bond motifs is 1. The number of likely N-dealkylation sites (tertiary alicyclic amines) is 1. The topological polar surface area (TPSA) is 76.3 Å². The Morgan fingerprint density at radius 3 is 2.88 bits per heavy atom. The van der Waals surface area contributed by atoms with Crippen molar-refractivity contribution in [3.63, 3.8) is 0 Å². The van der Waals surface area contributed by atoms with Crippen LogP contribution in [0.25, 0.3) is 5.65 Å². The molecule has 0 aromatic carbocycles. The molecule has 0 bridgehead atoms. The first-order valence-electron chi connectivity index (χ1n) is 9.16. The molecule has 142 valence electrons. The molecule has 8 heteroatoms. The second-order valence-electron chi connectivity index (χ2n) is 6.35. The molecule has 2 aromatic heterocycles. The number of ether oxygens (including phenoxy) is 2. The molecule has 8 nitrogen and oxygen atoms in total. The number of aromatic nitrogens is 3. The molecule has 0 aliphatic carbocycles. The summed E-state index contributed by atoms with van der Waals surface area (Å²) in [6.07, 6.45) is 5.29. The van der Waals surface area contributed by atoms with Crippen LogP contribution in [-0.2, 0) is 16.0 Å². The van der Waals surface area contributed by atoms with E-state index in [2.05, 4.69) is 25.4 Å². The third-order valence-corrected chi connectivity index (χ3v) is 4.59. The number of rotatable bonds is 7. The number of aliphatic imine (C=N–C) groups is 1. The van der Waals surface area contributed by atoms with E-state index in [1.54, 1.807) is 7.11 Å². The van der Waals surface area contributed by atoms with Gasteiger partial charge in [-0.2, -0.15) is 0 Å². The lowest BCUT2D eigenvalue weighted by Gasteiger charge is -2.34. The second kappa shape index (κ2) is 9.49. The summed E-state index contributed by atoms with van der Waals surface area (Å²) >= 11 is 0. The van der Waals surface area contributed by atoms with Gasteiger partial charge in [-0.3, -0.25) is 9.39 Å². The van der Waals surface area contributed by atoms with Crippen LogP contribution in [-0.4, -0.2) is 72.0 Å². The van der Waals surface area contributed by atoms with Gasteiger partial charge in [0.25, 0.3) is 0 Å². The Hall–Kier alpha value is -2.19. The zero-order chi connectivity index (χ0) is 18.2. The summed E-state index contributed by atoms with van der Waals surface area (Å²) in [5, 5.41) is 11.8. The van der Waals surface area contributed by atoms with Crippen molar-refractivity contribution < 1.29 is 9.47 Å². The maximum Gasteiger partial charge on any atom is 0.194 e. The maximum atomic E-state index is 5.93. The van der Waals surface area contributed by atoms with Crippen LogP contribution >= 0.6 is 0 Å². The van der Waals surface area contributed by atoms with Gasteiger partial charge in [-0.25, -0.2) is 0 Å². The van der Waals surface area contributed by atoms with E-state index in [-0.39, 0.29) is 0 Å². The highest BCUT2D eigenvalue weighted by atomic mass is 16.5. The van der Waals surface area contributed by atoms with Gasteiger partial charge in [0, 0.05) is 46.7 Å². The molecule has 26 heavy (non-hydrogen) atoms. The summed E-state index contributed by atoms with van der Waals surface area (Å²) in [5.74, 6) is 1.77. The van der Waals surface area contributed by atoms with Gasteiger partial charge >= 0.3 is 0 Å². The Bertz CT molecular complexity index is 709. The Balaban J connectivity index is 1.46. The summed E-state index contributed by atoms with van der Waals surface area (Å²) in [7, 11) is 3.54. The number of nitrogens with zero attached hydrogens (tertiary/aromatic N) is 5. The predicted molar refractivity (Wildman–Crippen MR) is 100 cm³/mol. The van der Waals surface area contributed by atoms with Gasteiger partial charge in [0.2, 0.25) is 0 Å². The van der Waals surface area contributed by atoms with E-state index >= 15 is 0 Å². The van der Waals surface area contributed by atoms with Crippen molar-refractivity contribution in [3.05, 3.63) is 30.2 Å². The minimum Gasteiger partial charge on any atom is -0.385 e. The molecular weight excluding hydrogens is 332 g/mol. The van der Waals surface area contributed by atoms with Gasteiger partial charge in [-0.05, 0) is 31.4 Å². The quantitative estimate of drug-likeness (QED) is 0.456. The van der Waals surface area contributed by atoms with Crippen LogP contribution in [0.4, 0.5) is 0 Å². The summed E-state index contributed by atoms with van der Waals surface area (Å²) in [5.41, 5.74) is 0.853. The van der Waals surface area contributed by atoms with Crippen LogP contribution in [0, 0.1) is 0 Å². The predicted octanol–water partition coefficient (Wildman–Crippen LogP) is 1.32. The number of piperidine rings is 1. The summed E-state index contributed by atoms with van der Waals surface area (Å²) in [6, 6.07) is 5.89. The first kappa shape index (κ1) is 18.6. The number of guanidine groups is 1. The van der Waals surface area contributed by atoms with Crippen LogP contribution < -0.4 is 5.32 Å². The first-order chi connectivity index (χ1) is 12.8. The minimum atomic E-state index is 0.335. The lowest BCUT2D eigenvalue weighted by atomic mass is 10.1. The molecule has 0 saturated carbocycles. The fraction of sp³-hybridized carbons (Fsp3) is 0.611. The van der Waals surface area contributed by atoms with Gasteiger partial charge in [-0.1, -0.05) is 6.07 Å². The molecule has 0 spiro atoms. The van der Waals surface area contributed by atoms with Crippen LogP contribution in [0.1, 0.15) is 25.1 Å². The number of methoxy groups -OCH3 is 1.